The molecule has 2 rings (SSSR count). The van der Waals surface area contributed by atoms with Gasteiger partial charge in [-0.2, -0.15) is 0 Å². The molecule has 1 atom stereocenters. The summed E-state index contributed by atoms with van der Waals surface area (Å²) in [6.45, 7) is 1.89. The largest absolute Gasteiger partial charge is 0.303 e. The van der Waals surface area contributed by atoms with Gasteiger partial charge in [-0.3, -0.25) is 4.98 Å². The minimum Gasteiger partial charge on any atom is -0.303 e. The maximum absolute atomic E-state index is 13.3. The van der Waals surface area contributed by atoms with Crippen LogP contribution in [0.5, 0.6) is 0 Å². The van der Waals surface area contributed by atoms with E-state index in [1.54, 1.807) is 0 Å². The van der Waals surface area contributed by atoms with E-state index in [-0.39, 0.29) is 11.7 Å². The highest BCUT2D eigenvalue weighted by molar-refractivity contribution is 5.51. The van der Waals surface area contributed by atoms with Crippen molar-refractivity contribution in [3.63, 3.8) is 0 Å². The predicted octanol–water partition coefficient (Wildman–Crippen LogP) is 1.83. The summed E-state index contributed by atoms with van der Waals surface area (Å²) in [5.74, 6) is 0.0545. The highest BCUT2D eigenvalue weighted by Crippen LogP contribution is 2.31. The van der Waals surface area contributed by atoms with E-state index in [9.17, 15) is 9.18 Å². The number of nitrogens with zero attached hydrogens (tertiary/aromatic N) is 1. The zero-order chi connectivity index (χ0) is 10.1. The van der Waals surface area contributed by atoms with Crippen LogP contribution in [0.2, 0.25) is 0 Å². The Kier molecular flexibility index (Phi) is 2.32. The Hall–Kier alpha value is -1.25. The average molecular weight is 193 g/mol. The number of carbonyl (C=O) groups excluding carboxylic acids is 1. The van der Waals surface area contributed by atoms with E-state index in [4.69, 9.17) is 0 Å². The second-order valence-corrected chi connectivity index (χ2v) is 3.83. The minimum atomic E-state index is -0.223. The number of aromatic nitrogens is 1. The first-order valence-electron chi connectivity index (χ1n) is 4.79. The van der Waals surface area contributed by atoms with Gasteiger partial charge in [0, 0.05) is 12.1 Å². The summed E-state index contributed by atoms with van der Waals surface area (Å²) in [5.41, 5.74) is 2.68. The molecular weight excluding hydrogens is 181 g/mol. The molecule has 0 bridgehead atoms. The number of aryl methyl sites for hydroxylation is 1. The molecule has 0 amide bonds. The normalized spacial score (nSPS) is 19.4. The first-order valence-corrected chi connectivity index (χ1v) is 4.79. The first-order chi connectivity index (χ1) is 6.72. The third-order valence-electron chi connectivity index (χ3n) is 2.88. The predicted molar refractivity (Wildman–Crippen MR) is 50.5 cm³/mol. The second-order valence-electron chi connectivity index (χ2n) is 3.83. The molecule has 0 aliphatic heterocycles. The first kappa shape index (κ1) is 9.31. The quantitative estimate of drug-likeness (QED) is 0.671. The fraction of sp³-hybridized carbons (Fsp3) is 0.455. The van der Waals surface area contributed by atoms with Crippen molar-refractivity contribution in [2.45, 2.75) is 26.2 Å². The van der Waals surface area contributed by atoms with Gasteiger partial charge in [-0.05, 0) is 36.8 Å². The Morgan fingerprint density at radius 1 is 1.57 bits per heavy atom. The zero-order valence-electron chi connectivity index (χ0n) is 8.09. The lowest BCUT2D eigenvalue weighted by molar-refractivity contribution is -0.108. The van der Waals surface area contributed by atoms with Gasteiger partial charge in [0.05, 0.1) is 6.20 Å². The van der Waals surface area contributed by atoms with E-state index < -0.39 is 0 Å². The minimum absolute atomic E-state index is 0.223. The Morgan fingerprint density at radius 2 is 2.29 bits per heavy atom. The summed E-state index contributed by atoms with van der Waals surface area (Å²) >= 11 is 0. The summed E-state index contributed by atoms with van der Waals surface area (Å²) in [6, 6.07) is 0. The van der Waals surface area contributed by atoms with Crippen molar-refractivity contribution in [1.82, 2.24) is 4.98 Å². The lowest BCUT2D eigenvalue weighted by atomic mass is 10.0. The van der Waals surface area contributed by atoms with Crippen LogP contribution >= 0.6 is 0 Å². The van der Waals surface area contributed by atoms with Crippen molar-refractivity contribution in [2.75, 3.05) is 0 Å². The van der Waals surface area contributed by atoms with Crippen LogP contribution < -0.4 is 0 Å². The monoisotopic (exact) mass is 193 g/mol. The fourth-order valence-electron chi connectivity index (χ4n) is 2.12. The molecule has 1 aromatic heterocycles. The highest BCUT2D eigenvalue weighted by atomic mass is 19.1. The molecule has 3 heteroatoms. The smallest absolute Gasteiger partial charge is 0.144 e. The molecule has 1 aliphatic rings. The van der Waals surface area contributed by atoms with Crippen LogP contribution in [0.4, 0.5) is 4.39 Å². The summed E-state index contributed by atoms with van der Waals surface area (Å²) in [5, 5.41) is 0. The van der Waals surface area contributed by atoms with Gasteiger partial charge in [0.25, 0.3) is 0 Å². The Labute approximate surface area is 82.2 Å². The van der Waals surface area contributed by atoms with Crippen molar-refractivity contribution in [3.05, 3.63) is 28.8 Å². The van der Waals surface area contributed by atoms with Gasteiger partial charge in [-0.1, -0.05) is 0 Å². The summed E-state index contributed by atoms with van der Waals surface area (Å²) in [7, 11) is 0. The van der Waals surface area contributed by atoms with E-state index >= 15 is 0 Å². The molecule has 0 saturated heterocycles. The van der Waals surface area contributed by atoms with E-state index in [1.807, 2.05) is 6.92 Å². The van der Waals surface area contributed by atoms with Crippen LogP contribution in [0.15, 0.2) is 6.20 Å². The van der Waals surface area contributed by atoms with Crippen LogP contribution in [-0.4, -0.2) is 11.3 Å². The molecule has 1 aliphatic carbocycles. The molecule has 14 heavy (non-hydrogen) atoms. The van der Waals surface area contributed by atoms with E-state index in [1.165, 1.54) is 6.20 Å². The Balaban J connectivity index is 2.33. The van der Waals surface area contributed by atoms with Gasteiger partial charge < -0.3 is 4.79 Å². The maximum Gasteiger partial charge on any atom is 0.144 e. The summed E-state index contributed by atoms with van der Waals surface area (Å²) in [4.78, 5) is 14.4. The Bertz CT molecular complexity index is 345. The standard InChI is InChI=1S/C11H12FNO/c1-7-9-4-8(2-3-14)5-10(9)11(12)6-13-7/h3,6,8H,2,4-5H2,1H3. The van der Waals surface area contributed by atoms with Crippen molar-refractivity contribution in [2.24, 2.45) is 5.92 Å². The van der Waals surface area contributed by atoms with Crippen LogP contribution in [0, 0.1) is 18.7 Å². The molecule has 1 heterocycles. The molecule has 1 unspecified atom stereocenters. The number of halogens is 1. The number of aldehydes is 1. The third-order valence-corrected chi connectivity index (χ3v) is 2.88. The SMILES string of the molecule is Cc1ncc(F)c2c1CC(CC=O)C2. The average Bonchev–Trinajstić information content (AvgIpc) is 2.57. The van der Waals surface area contributed by atoms with Crippen molar-refractivity contribution >= 4 is 6.29 Å². The van der Waals surface area contributed by atoms with Gasteiger partial charge in [-0.25, -0.2) is 4.39 Å². The maximum atomic E-state index is 13.3. The van der Waals surface area contributed by atoms with Gasteiger partial charge in [0.1, 0.15) is 12.1 Å². The van der Waals surface area contributed by atoms with Crippen LogP contribution in [0.1, 0.15) is 23.2 Å². The number of fused-ring (bicyclic) bond motifs is 1. The summed E-state index contributed by atoms with van der Waals surface area (Å²) in [6.07, 6.45) is 4.19. The third kappa shape index (κ3) is 1.43. The van der Waals surface area contributed by atoms with Crippen molar-refractivity contribution in [3.8, 4) is 0 Å². The lowest BCUT2D eigenvalue weighted by Gasteiger charge is -2.02. The van der Waals surface area contributed by atoms with Gasteiger partial charge in [-0.15, -0.1) is 0 Å². The van der Waals surface area contributed by atoms with Gasteiger partial charge in [0.2, 0.25) is 0 Å². The highest BCUT2D eigenvalue weighted by Gasteiger charge is 2.25. The van der Waals surface area contributed by atoms with Crippen LogP contribution in [0.3, 0.4) is 0 Å². The zero-order valence-corrected chi connectivity index (χ0v) is 8.09. The van der Waals surface area contributed by atoms with Gasteiger partial charge in [0.15, 0.2) is 0 Å². The number of pyridine rings is 1. The molecule has 0 spiro atoms. The molecule has 2 nitrogen and oxygen atoms in total. The molecule has 0 radical (unpaired) electrons. The lowest BCUT2D eigenvalue weighted by Crippen LogP contribution is -1.99. The van der Waals surface area contributed by atoms with Crippen molar-refractivity contribution < 1.29 is 9.18 Å². The molecule has 0 aromatic carbocycles. The number of hydrogen-bond acceptors (Lipinski definition) is 2. The van der Waals surface area contributed by atoms with E-state index in [2.05, 4.69) is 4.98 Å². The van der Waals surface area contributed by atoms with E-state index in [0.29, 0.717) is 12.8 Å². The number of hydrogen-bond donors (Lipinski definition) is 0. The van der Waals surface area contributed by atoms with Gasteiger partial charge >= 0.3 is 0 Å². The number of carbonyl (C=O) groups is 1. The molecule has 0 fully saturated rings. The molecule has 0 N–H and O–H groups in total. The van der Waals surface area contributed by atoms with Crippen LogP contribution in [0.25, 0.3) is 0 Å². The number of rotatable bonds is 2. The van der Waals surface area contributed by atoms with Crippen LogP contribution in [-0.2, 0) is 17.6 Å². The second kappa shape index (κ2) is 3.48. The molecule has 74 valence electrons. The topological polar surface area (TPSA) is 30.0 Å². The fourth-order valence-corrected chi connectivity index (χ4v) is 2.12. The summed E-state index contributed by atoms with van der Waals surface area (Å²) < 4.78 is 13.3. The van der Waals surface area contributed by atoms with E-state index in [0.717, 1.165) is 29.5 Å². The Morgan fingerprint density at radius 3 is 2.93 bits per heavy atom. The molecule has 1 aromatic rings. The molecular formula is C11H12FNO. The van der Waals surface area contributed by atoms with Crippen molar-refractivity contribution in [1.29, 1.82) is 0 Å². The molecule has 0 saturated carbocycles.